The van der Waals surface area contributed by atoms with Crippen molar-refractivity contribution in [3.8, 4) is 5.75 Å². The quantitative estimate of drug-likeness (QED) is 0.717. The molecular weight excluding hydrogens is 344 g/mol. The van der Waals surface area contributed by atoms with Crippen molar-refractivity contribution in [3.63, 3.8) is 0 Å². The molecule has 0 aliphatic carbocycles. The molecule has 1 unspecified atom stereocenters. The van der Waals surface area contributed by atoms with E-state index in [4.69, 9.17) is 9.47 Å². The minimum Gasteiger partial charge on any atom is -0.493 e. The number of hydrogen-bond donors (Lipinski definition) is 0. The fourth-order valence-electron chi connectivity index (χ4n) is 3.73. The van der Waals surface area contributed by atoms with Gasteiger partial charge in [-0.2, -0.15) is 0 Å². The van der Waals surface area contributed by atoms with Gasteiger partial charge in [0, 0.05) is 39.2 Å². The van der Waals surface area contributed by atoms with E-state index in [0.29, 0.717) is 52.2 Å². The Labute approximate surface area is 161 Å². The van der Waals surface area contributed by atoms with Gasteiger partial charge in [0.05, 0.1) is 6.61 Å². The highest BCUT2D eigenvalue weighted by molar-refractivity contribution is 5.82. The summed E-state index contributed by atoms with van der Waals surface area (Å²) in [5, 5.41) is 0. The van der Waals surface area contributed by atoms with Crippen LogP contribution in [0, 0.1) is 13.8 Å². The SMILES string of the molecule is Cc1cccc(C)c1OCCCC(=O)N1CCN(C(=O)C2CCCO2)CC1. The van der Waals surface area contributed by atoms with Crippen molar-refractivity contribution in [1.29, 1.82) is 0 Å². The first-order valence-corrected chi connectivity index (χ1v) is 9.93. The van der Waals surface area contributed by atoms with Gasteiger partial charge in [-0.3, -0.25) is 9.59 Å². The summed E-state index contributed by atoms with van der Waals surface area (Å²) >= 11 is 0. The van der Waals surface area contributed by atoms with E-state index in [2.05, 4.69) is 0 Å². The molecule has 2 heterocycles. The first-order valence-electron chi connectivity index (χ1n) is 9.93. The Bertz CT molecular complexity index is 642. The first-order chi connectivity index (χ1) is 13.1. The topological polar surface area (TPSA) is 59.1 Å². The van der Waals surface area contributed by atoms with Gasteiger partial charge in [-0.1, -0.05) is 18.2 Å². The fourth-order valence-corrected chi connectivity index (χ4v) is 3.73. The Hall–Kier alpha value is -2.08. The Balaban J connectivity index is 1.36. The van der Waals surface area contributed by atoms with Gasteiger partial charge in [-0.05, 0) is 44.2 Å². The number of carbonyl (C=O) groups is 2. The zero-order chi connectivity index (χ0) is 19.2. The summed E-state index contributed by atoms with van der Waals surface area (Å²) in [5.74, 6) is 1.15. The Morgan fingerprint density at radius 1 is 1.11 bits per heavy atom. The number of nitrogens with zero attached hydrogens (tertiary/aromatic N) is 2. The summed E-state index contributed by atoms with van der Waals surface area (Å²) in [6, 6.07) is 6.08. The molecule has 1 aromatic rings. The molecule has 0 radical (unpaired) electrons. The molecule has 2 aliphatic rings. The smallest absolute Gasteiger partial charge is 0.251 e. The standard InChI is InChI=1S/C21H30N2O4/c1-16-6-3-7-17(2)20(16)27-15-5-9-19(24)22-10-12-23(13-11-22)21(25)18-8-4-14-26-18/h3,6-7,18H,4-5,8-15H2,1-2H3. The number of hydrogen-bond acceptors (Lipinski definition) is 4. The second kappa shape index (κ2) is 9.22. The lowest BCUT2D eigenvalue weighted by Crippen LogP contribution is -2.52. The number of aryl methyl sites for hydroxylation is 2. The van der Waals surface area contributed by atoms with Crippen LogP contribution in [0.4, 0.5) is 0 Å². The lowest BCUT2D eigenvalue weighted by atomic mass is 10.1. The van der Waals surface area contributed by atoms with Crippen LogP contribution < -0.4 is 4.74 Å². The molecule has 2 aliphatic heterocycles. The van der Waals surface area contributed by atoms with E-state index in [9.17, 15) is 9.59 Å². The molecule has 3 rings (SSSR count). The molecule has 6 nitrogen and oxygen atoms in total. The van der Waals surface area contributed by atoms with Crippen LogP contribution >= 0.6 is 0 Å². The normalized spacial score (nSPS) is 20.0. The van der Waals surface area contributed by atoms with Gasteiger partial charge in [-0.15, -0.1) is 0 Å². The van der Waals surface area contributed by atoms with E-state index in [1.807, 2.05) is 41.8 Å². The van der Waals surface area contributed by atoms with E-state index in [1.165, 1.54) is 0 Å². The average Bonchev–Trinajstić information content (AvgIpc) is 3.21. The van der Waals surface area contributed by atoms with E-state index in [1.54, 1.807) is 0 Å². The van der Waals surface area contributed by atoms with Crippen molar-refractivity contribution >= 4 is 11.8 Å². The van der Waals surface area contributed by atoms with Crippen LogP contribution in [0.1, 0.15) is 36.8 Å². The molecule has 0 bridgehead atoms. The summed E-state index contributed by atoms with van der Waals surface area (Å²) in [5.41, 5.74) is 2.24. The highest BCUT2D eigenvalue weighted by Crippen LogP contribution is 2.22. The Kier molecular flexibility index (Phi) is 6.72. The molecule has 148 valence electrons. The summed E-state index contributed by atoms with van der Waals surface area (Å²) in [6.45, 7) is 7.69. The van der Waals surface area contributed by atoms with Gasteiger partial charge in [0.1, 0.15) is 11.9 Å². The number of para-hydroxylation sites is 1. The molecule has 1 aromatic carbocycles. The lowest BCUT2D eigenvalue weighted by Gasteiger charge is -2.35. The van der Waals surface area contributed by atoms with Crippen LogP contribution in [0.5, 0.6) is 5.75 Å². The van der Waals surface area contributed by atoms with Crippen LogP contribution in [0.2, 0.25) is 0 Å². The summed E-state index contributed by atoms with van der Waals surface area (Å²) < 4.78 is 11.3. The second-order valence-electron chi connectivity index (χ2n) is 7.38. The first kappa shape index (κ1) is 19.7. The van der Waals surface area contributed by atoms with Gasteiger partial charge in [0.15, 0.2) is 0 Å². The minimum atomic E-state index is -0.269. The monoisotopic (exact) mass is 374 g/mol. The zero-order valence-electron chi connectivity index (χ0n) is 16.4. The van der Waals surface area contributed by atoms with Crippen LogP contribution in [0.3, 0.4) is 0 Å². The number of benzene rings is 1. The van der Waals surface area contributed by atoms with E-state index < -0.39 is 0 Å². The van der Waals surface area contributed by atoms with Gasteiger partial charge in [0.2, 0.25) is 5.91 Å². The highest BCUT2D eigenvalue weighted by atomic mass is 16.5. The van der Waals surface area contributed by atoms with Crippen LogP contribution in [0.15, 0.2) is 18.2 Å². The van der Waals surface area contributed by atoms with Crippen molar-refractivity contribution in [2.24, 2.45) is 0 Å². The number of rotatable bonds is 6. The Morgan fingerprint density at radius 2 is 1.78 bits per heavy atom. The molecule has 6 heteroatoms. The fraction of sp³-hybridized carbons (Fsp3) is 0.619. The second-order valence-corrected chi connectivity index (χ2v) is 7.38. The van der Waals surface area contributed by atoms with Crippen LogP contribution in [0.25, 0.3) is 0 Å². The molecule has 1 atom stereocenters. The predicted octanol–water partition coefficient (Wildman–Crippen LogP) is 2.31. The van der Waals surface area contributed by atoms with Gasteiger partial charge in [-0.25, -0.2) is 0 Å². The Morgan fingerprint density at radius 3 is 2.41 bits per heavy atom. The van der Waals surface area contributed by atoms with Crippen molar-refractivity contribution in [1.82, 2.24) is 9.80 Å². The van der Waals surface area contributed by atoms with E-state index in [-0.39, 0.29) is 17.9 Å². The van der Waals surface area contributed by atoms with E-state index >= 15 is 0 Å². The molecular formula is C21H30N2O4. The molecule has 2 fully saturated rings. The number of piperazine rings is 1. The van der Waals surface area contributed by atoms with Crippen molar-refractivity contribution < 1.29 is 19.1 Å². The largest absolute Gasteiger partial charge is 0.493 e. The molecule has 0 aromatic heterocycles. The minimum absolute atomic E-state index is 0.0848. The van der Waals surface area contributed by atoms with Crippen molar-refractivity contribution in [3.05, 3.63) is 29.3 Å². The van der Waals surface area contributed by atoms with Gasteiger partial charge >= 0.3 is 0 Å². The summed E-state index contributed by atoms with van der Waals surface area (Å²) in [4.78, 5) is 28.5. The molecule has 2 amide bonds. The molecule has 2 saturated heterocycles. The third-order valence-corrected chi connectivity index (χ3v) is 5.34. The van der Waals surface area contributed by atoms with E-state index in [0.717, 1.165) is 29.7 Å². The number of ether oxygens (including phenoxy) is 2. The molecule has 27 heavy (non-hydrogen) atoms. The third kappa shape index (κ3) is 5.01. The van der Waals surface area contributed by atoms with Crippen LogP contribution in [-0.4, -0.2) is 67.1 Å². The maximum absolute atomic E-state index is 12.4. The predicted molar refractivity (Wildman–Crippen MR) is 103 cm³/mol. The molecule has 0 spiro atoms. The molecule has 0 saturated carbocycles. The molecule has 0 N–H and O–H groups in total. The van der Waals surface area contributed by atoms with Crippen molar-refractivity contribution in [2.45, 2.75) is 45.6 Å². The third-order valence-electron chi connectivity index (χ3n) is 5.34. The zero-order valence-corrected chi connectivity index (χ0v) is 16.4. The number of amides is 2. The summed E-state index contributed by atoms with van der Waals surface area (Å²) in [6.07, 6.45) is 2.68. The lowest BCUT2D eigenvalue weighted by molar-refractivity contribution is -0.146. The van der Waals surface area contributed by atoms with Crippen LogP contribution in [-0.2, 0) is 14.3 Å². The average molecular weight is 374 g/mol. The maximum atomic E-state index is 12.4. The highest BCUT2D eigenvalue weighted by Gasteiger charge is 2.31. The summed E-state index contributed by atoms with van der Waals surface area (Å²) in [7, 11) is 0. The van der Waals surface area contributed by atoms with Gasteiger partial charge in [0.25, 0.3) is 5.91 Å². The maximum Gasteiger partial charge on any atom is 0.251 e. The number of carbonyl (C=O) groups excluding carboxylic acids is 2. The van der Waals surface area contributed by atoms with Crippen molar-refractivity contribution in [2.75, 3.05) is 39.4 Å². The van der Waals surface area contributed by atoms with Gasteiger partial charge < -0.3 is 19.3 Å².